The summed E-state index contributed by atoms with van der Waals surface area (Å²) < 4.78 is 16.0. The van der Waals surface area contributed by atoms with Crippen molar-refractivity contribution < 1.29 is 19.0 Å². The number of ether oxygens (including phenoxy) is 3. The number of fused-ring (bicyclic) bond motifs is 1. The highest BCUT2D eigenvalue weighted by molar-refractivity contribution is 5.92. The smallest absolute Gasteiger partial charge is 0.246 e. The van der Waals surface area contributed by atoms with Gasteiger partial charge < -0.3 is 24.0 Å². The van der Waals surface area contributed by atoms with Crippen molar-refractivity contribution in [2.75, 3.05) is 52.0 Å². The van der Waals surface area contributed by atoms with Crippen molar-refractivity contribution in [1.29, 1.82) is 0 Å². The molecule has 0 bridgehead atoms. The number of methoxy groups -OCH3 is 2. The van der Waals surface area contributed by atoms with E-state index in [1.165, 1.54) is 0 Å². The Bertz CT molecular complexity index is 941. The number of nitrogens with zero attached hydrogens (tertiary/aromatic N) is 4. The number of aromatic nitrogens is 2. The summed E-state index contributed by atoms with van der Waals surface area (Å²) in [6.45, 7) is 4.09. The molecule has 8 heteroatoms. The lowest BCUT2D eigenvalue weighted by Gasteiger charge is -2.30. The average molecular weight is 410 g/mol. The molecule has 0 atom stereocenters. The normalized spacial score (nSPS) is 16.5. The molecular weight excluding hydrogens is 384 g/mol. The summed E-state index contributed by atoms with van der Waals surface area (Å²) in [7, 11) is 3.19. The molecule has 4 rings (SSSR count). The van der Waals surface area contributed by atoms with Crippen molar-refractivity contribution in [2.45, 2.75) is 13.0 Å². The van der Waals surface area contributed by atoms with Gasteiger partial charge in [-0.3, -0.25) is 4.79 Å². The van der Waals surface area contributed by atoms with Gasteiger partial charge in [-0.1, -0.05) is 6.07 Å². The van der Waals surface area contributed by atoms with Crippen molar-refractivity contribution in [3.8, 4) is 11.5 Å². The van der Waals surface area contributed by atoms with Crippen molar-refractivity contribution in [3.63, 3.8) is 0 Å². The molecule has 0 N–H and O–H groups in total. The molecule has 3 heterocycles. The van der Waals surface area contributed by atoms with E-state index in [4.69, 9.17) is 19.2 Å². The fourth-order valence-corrected chi connectivity index (χ4v) is 3.63. The summed E-state index contributed by atoms with van der Waals surface area (Å²) in [6.07, 6.45) is 6.04. The number of benzene rings is 1. The maximum Gasteiger partial charge on any atom is 0.246 e. The number of morpholine rings is 1. The predicted molar refractivity (Wildman–Crippen MR) is 113 cm³/mol. The Labute approximate surface area is 176 Å². The van der Waals surface area contributed by atoms with Crippen LogP contribution in [0.3, 0.4) is 0 Å². The Hall–Kier alpha value is -3.13. The molecule has 0 aliphatic carbocycles. The highest BCUT2D eigenvalue weighted by Crippen LogP contribution is 2.28. The molecule has 0 spiro atoms. The van der Waals surface area contributed by atoms with Gasteiger partial charge in [0.05, 0.1) is 39.7 Å². The lowest BCUT2D eigenvalue weighted by atomic mass is 10.1. The molecule has 0 radical (unpaired) electrons. The fraction of sp³-hybridized carbons (Fsp3) is 0.409. The first-order valence-corrected chi connectivity index (χ1v) is 10.0. The second kappa shape index (κ2) is 9.13. The highest BCUT2D eigenvalue weighted by Gasteiger charge is 2.23. The van der Waals surface area contributed by atoms with Gasteiger partial charge in [0, 0.05) is 31.9 Å². The molecule has 1 aromatic carbocycles. The summed E-state index contributed by atoms with van der Waals surface area (Å²) in [4.78, 5) is 26.0. The average Bonchev–Trinajstić information content (AvgIpc) is 2.82. The summed E-state index contributed by atoms with van der Waals surface area (Å²) in [5, 5.41) is 0. The number of hydrogen-bond donors (Lipinski definition) is 0. The van der Waals surface area contributed by atoms with Crippen molar-refractivity contribution in [1.82, 2.24) is 14.9 Å². The van der Waals surface area contributed by atoms with Crippen LogP contribution in [0.1, 0.15) is 16.8 Å². The maximum atomic E-state index is 12.8. The summed E-state index contributed by atoms with van der Waals surface area (Å²) in [5.74, 6) is 1.96. The van der Waals surface area contributed by atoms with E-state index in [0.717, 1.165) is 36.3 Å². The van der Waals surface area contributed by atoms with Crippen LogP contribution in [0, 0.1) is 0 Å². The molecule has 30 heavy (non-hydrogen) atoms. The molecule has 1 amide bonds. The molecule has 2 aromatic rings. The number of anilines is 1. The van der Waals surface area contributed by atoms with Crippen LogP contribution >= 0.6 is 0 Å². The largest absolute Gasteiger partial charge is 0.493 e. The third-order valence-corrected chi connectivity index (χ3v) is 5.36. The van der Waals surface area contributed by atoms with Crippen LogP contribution in [0.4, 0.5) is 5.95 Å². The fourth-order valence-electron chi connectivity index (χ4n) is 3.63. The van der Waals surface area contributed by atoms with Gasteiger partial charge in [0.1, 0.15) is 0 Å². The molecule has 8 nitrogen and oxygen atoms in total. The summed E-state index contributed by atoms with van der Waals surface area (Å²) in [6, 6.07) is 5.55. The summed E-state index contributed by atoms with van der Waals surface area (Å²) >= 11 is 0. The quantitative estimate of drug-likeness (QED) is 0.697. The van der Waals surface area contributed by atoms with Crippen LogP contribution in [-0.4, -0.2) is 67.8 Å². The van der Waals surface area contributed by atoms with Crippen LogP contribution in [0.5, 0.6) is 11.5 Å². The van der Waals surface area contributed by atoms with Crippen LogP contribution in [-0.2, 0) is 22.5 Å². The van der Waals surface area contributed by atoms with E-state index in [1.54, 1.807) is 26.4 Å². The molecule has 0 unspecified atom stereocenters. The van der Waals surface area contributed by atoms with E-state index in [2.05, 4.69) is 9.88 Å². The van der Waals surface area contributed by atoms with Crippen LogP contribution in [0.25, 0.3) is 6.08 Å². The minimum absolute atomic E-state index is 0.0398. The van der Waals surface area contributed by atoms with E-state index in [0.29, 0.717) is 43.8 Å². The third-order valence-electron chi connectivity index (χ3n) is 5.36. The zero-order chi connectivity index (χ0) is 20.9. The summed E-state index contributed by atoms with van der Waals surface area (Å²) in [5.41, 5.74) is 2.90. The van der Waals surface area contributed by atoms with Gasteiger partial charge in [-0.2, -0.15) is 0 Å². The van der Waals surface area contributed by atoms with E-state index >= 15 is 0 Å². The van der Waals surface area contributed by atoms with Crippen molar-refractivity contribution in [3.05, 3.63) is 47.3 Å². The van der Waals surface area contributed by atoms with Crippen LogP contribution < -0.4 is 14.4 Å². The molecule has 1 aromatic heterocycles. The lowest BCUT2D eigenvalue weighted by Crippen LogP contribution is -2.39. The van der Waals surface area contributed by atoms with E-state index in [9.17, 15) is 4.79 Å². The number of carbonyl (C=O) groups excluding carboxylic acids is 1. The standard InChI is InChI=1S/C22H26N4O4/c1-28-19-5-3-16(13-20(19)29-2)4-6-21(27)26-8-7-17-14-23-22(24-18(17)15-26)25-9-11-30-12-10-25/h3-6,13-14H,7-12,15H2,1-2H3. The van der Waals surface area contributed by atoms with Gasteiger partial charge in [0.15, 0.2) is 11.5 Å². The Balaban J connectivity index is 1.44. The first-order chi connectivity index (χ1) is 14.7. The van der Waals surface area contributed by atoms with Gasteiger partial charge in [0.2, 0.25) is 11.9 Å². The van der Waals surface area contributed by atoms with E-state index in [-0.39, 0.29) is 5.91 Å². The molecule has 0 saturated carbocycles. The van der Waals surface area contributed by atoms with E-state index < -0.39 is 0 Å². The second-order valence-corrected chi connectivity index (χ2v) is 7.20. The molecule has 158 valence electrons. The second-order valence-electron chi connectivity index (χ2n) is 7.20. The zero-order valence-electron chi connectivity index (χ0n) is 17.3. The van der Waals surface area contributed by atoms with Gasteiger partial charge in [-0.15, -0.1) is 0 Å². The first kappa shape index (κ1) is 20.2. The molecule has 1 saturated heterocycles. The Morgan fingerprint density at radius 3 is 2.70 bits per heavy atom. The Morgan fingerprint density at radius 1 is 1.13 bits per heavy atom. The number of amides is 1. The van der Waals surface area contributed by atoms with Crippen molar-refractivity contribution >= 4 is 17.9 Å². The molecular formula is C22H26N4O4. The number of rotatable bonds is 5. The van der Waals surface area contributed by atoms with Gasteiger partial charge in [-0.05, 0) is 35.8 Å². The third kappa shape index (κ3) is 4.38. The predicted octanol–water partition coefficient (Wildman–Crippen LogP) is 1.93. The molecule has 2 aliphatic rings. The SMILES string of the molecule is COc1ccc(C=CC(=O)N2CCc3cnc(N4CCOCC4)nc3C2)cc1OC. The van der Waals surface area contributed by atoms with Crippen LogP contribution in [0.2, 0.25) is 0 Å². The Kier molecular flexibility index (Phi) is 6.13. The zero-order valence-corrected chi connectivity index (χ0v) is 17.3. The Morgan fingerprint density at radius 2 is 1.93 bits per heavy atom. The van der Waals surface area contributed by atoms with Gasteiger partial charge in [-0.25, -0.2) is 9.97 Å². The monoisotopic (exact) mass is 410 g/mol. The minimum atomic E-state index is -0.0398. The number of carbonyl (C=O) groups is 1. The number of hydrogen-bond acceptors (Lipinski definition) is 7. The van der Waals surface area contributed by atoms with Gasteiger partial charge in [0.25, 0.3) is 0 Å². The van der Waals surface area contributed by atoms with Gasteiger partial charge >= 0.3 is 0 Å². The topological polar surface area (TPSA) is 77.0 Å². The van der Waals surface area contributed by atoms with Crippen molar-refractivity contribution in [2.24, 2.45) is 0 Å². The lowest BCUT2D eigenvalue weighted by molar-refractivity contribution is -0.126. The molecule has 1 fully saturated rings. The first-order valence-electron chi connectivity index (χ1n) is 10.0. The highest BCUT2D eigenvalue weighted by atomic mass is 16.5. The molecule has 2 aliphatic heterocycles. The van der Waals surface area contributed by atoms with E-state index in [1.807, 2.05) is 29.3 Å². The maximum absolute atomic E-state index is 12.8. The van der Waals surface area contributed by atoms with Crippen LogP contribution in [0.15, 0.2) is 30.5 Å². The minimum Gasteiger partial charge on any atom is -0.493 e.